The van der Waals surface area contributed by atoms with E-state index in [0.29, 0.717) is 4.31 Å². The molecule has 1 atom stereocenters. The summed E-state index contributed by atoms with van der Waals surface area (Å²) in [4.78, 5) is 35.0. The molecule has 9 nitrogen and oxygen atoms in total. The van der Waals surface area contributed by atoms with E-state index >= 15 is 0 Å². The molecule has 3 rings (SSSR count). The number of amides is 2. The second-order valence-corrected chi connectivity index (χ2v) is 7.88. The van der Waals surface area contributed by atoms with Gasteiger partial charge >= 0.3 is 0 Å². The van der Waals surface area contributed by atoms with Gasteiger partial charge in [0.25, 0.3) is 21.6 Å². The molecule has 0 radical (unpaired) electrons. The van der Waals surface area contributed by atoms with Gasteiger partial charge in [-0.2, -0.15) is 0 Å². The lowest BCUT2D eigenvalue weighted by Gasteiger charge is -2.22. The van der Waals surface area contributed by atoms with Crippen LogP contribution in [0.1, 0.15) is 17.3 Å². The van der Waals surface area contributed by atoms with Crippen LogP contribution in [0.5, 0.6) is 0 Å². The van der Waals surface area contributed by atoms with E-state index in [-0.39, 0.29) is 21.2 Å². The van der Waals surface area contributed by atoms with Gasteiger partial charge in [-0.15, -0.1) is 0 Å². The van der Waals surface area contributed by atoms with Crippen LogP contribution in [-0.4, -0.2) is 35.5 Å². The highest BCUT2D eigenvalue weighted by Gasteiger charge is 2.45. The molecule has 0 aromatic heterocycles. The summed E-state index contributed by atoms with van der Waals surface area (Å²) in [7, 11) is -4.17. The third kappa shape index (κ3) is 3.13. The molecule has 1 N–H and O–H groups in total. The first-order chi connectivity index (χ1) is 12.6. The van der Waals surface area contributed by atoms with E-state index < -0.39 is 38.5 Å². The minimum absolute atomic E-state index is 0.0146. The van der Waals surface area contributed by atoms with Gasteiger partial charge in [-0.1, -0.05) is 23.7 Å². The zero-order valence-corrected chi connectivity index (χ0v) is 15.3. The summed E-state index contributed by atoms with van der Waals surface area (Å²) in [6, 6.07) is 7.88. The van der Waals surface area contributed by atoms with Crippen molar-refractivity contribution in [1.82, 2.24) is 4.31 Å². The Labute approximate surface area is 158 Å². The SMILES string of the molecule is CC(C(=O)Nc1ccc(Cl)c([N+](=O)[O-])c1)N1C(=O)c2ccccc2S1(=O)=O. The molecule has 1 unspecified atom stereocenters. The van der Waals surface area contributed by atoms with Crippen molar-refractivity contribution in [1.29, 1.82) is 0 Å². The fourth-order valence-corrected chi connectivity index (χ4v) is 4.58. The maximum atomic E-state index is 12.6. The first kappa shape index (κ1) is 18.8. The van der Waals surface area contributed by atoms with Gasteiger partial charge in [0.15, 0.2) is 0 Å². The maximum Gasteiger partial charge on any atom is 0.289 e. The Kier molecular flexibility index (Phi) is 4.62. The Morgan fingerprint density at radius 1 is 1.26 bits per heavy atom. The minimum Gasteiger partial charge on any atom is -0.324 e. The third-order valence-electron chi connectivity index (χ3n) is 4.00. The molecule has 0 fully saturated rings. The molecule has 27 heavy (non-hydrogen) atoms. The Hall–Kier alpha value is -2.98. The van der Waals surface area contributed by atoms with Crippen molar-refractivity contribution in [2.45, 2.75) is 17.9 Å². The molecule has 0 saturated carbocycles. The van der Waals surface area contributed by atoms with Gasteiger partial charge in [0, 0.05) is 11.8 Å². The van der Waals surface area contributed by atoms with Gasteiger partial charge in [-0.05, 0) is 31.2 Å². The van der Waals surface area contributed by atoms with Crippen LogP contribution in [0.2, 0.25) is 5.02 Å². The van der Waals surface area contributed by atoms with Crippen molar-refractivity contribution in [2.24, 2.45) is 0 Å². The van der Waals surface area contributed by atoms with Gasteiger partial charge in [0.1, 0.15) is 16.0 Å². The van der Waals surface area contributed by atoms with Crippen molar-refractivity contribution in [3.63, 3.8) is 0 Å². The average Bonchev–Trinajstić information content (AvgIpc) is 2.82. The topological polar surface area (TPSA) is 127 Å². The van der Waals surface area contributed by atoms with E-state index in [1.54, 1.807) is 0 Å². The number of fused-ring (bicyclic) bond motifs is 1. The monoisotopic (exact) mass is 409 g/mol. The van der Waals surface area contributed by atoms with Gasteiger partial charge in [0.05, 0.1) is 10.5 Å². The Bertz CT molecular complexity index is 1090. The van der Waals surface area contributed by atoms with Crippen LogP contribution in [0.25, 0.3) is 0 Å². The van der Waals surface area contributed by atoms with Gasteiger partial charge in [-0.3, -0.25) is 19.7 Å². The number of nitrogens with zero attached hydrogens (tertiary/aromatic N) is 2. The number of hydrogen-bond donors (Lipinski definition) is 1. The summed E-state index contributed by atoms with van der Waals surface area (Å²) in [5.74, 6) is -1.63. The number of nitro groups is 1. The van der Waals surface area contributed by atoms with E-state index in [2.05, 4.69) is 5.32 Å². The van der Waals surface area contributed by atoms with Crippen LogP contribution in [-0.2, 0) is 14.8 Å². The van der Waals surface area contributed by atoms with Crippen molar-refractivity contribution in [3.8, 4) is 0 Å². The summed E-state index contributed by atoms with van der Waals surface area (Å²) in [5.41, 5.74) is -0.386. The van der Waals surface area contributed by atoms with E-state index in [1.165, 1.54) is 43.3 Å². The number of halogens is 1. The number of carbonyl (C=O) groups is 2. The highest BCUT2D eigenvalue weighted by Crippen LogP contribution is 2.32. The quantitative estimate of drug-likeness (QED) is 0.610. The molecule has 2 aromatic rings. The molecule has 2 aromatic carbocycles. The van der Waals surface area contributed by atoms with Crippen molar-refractivity contribution in [3.05, 3.63) is 63.2 Å². The molecule has 140 valence electrons. The van der Waals surface area contributed by atoms with E-state index in [1.807, 2.05) is 0 Å². The van der Waals surface area contributed by atoms with Crippen LogP contribution in [0, 0.1) is 10.1 Å². The van der Waals surface area contributed by atoms with Crippen LogP contribution >= 0.6 is 11.6 Å². The largest absolute Gasteiger partial charge is 0.324 e. The number of benzene rings is 2. The summed E-state index contributed by atoms with van der Waals surface area (Å²) in [6.07, 6.45) is 0. The van der Waals surface area contributed by atoms with E-state index in [9.17, 15) is 28.1 Å². The van der Waals surface area contributed by atoms with Gasteiger partial charge in [0.2, 0.25) is 5.91 Å². The van der Waals surface area contributed by atoms with E-state index in [0.717, 1.165) is 6.07 Å². The van der Waals surface area contributed by atoms with Crippen LogP contribution < -0.4 is 5.32 Å². The molecule has 0 aliphatic carbocycles. The molecule has 1 aliphatic rings. The predicted molar refractivity (Wildman–Crippen MR) is 96.0 cm³/mol. The summed E-state index contributed by atoms with van der Waals surface area (Å²) < 4.78 is 25.7. The highest BCUT2D eigenvalue weighted by molar-refractivity contribution is 7.90. The Morgan fingerprint density at radius 3 is 2.56 bits per heavy atom. The lowest BCUT2D eigenvalue weighted by Crippen LogP contribution is -2.45. The minimum atomic E-state index is -4.17. The highest BCUT2D eigenvalue weighted by atomic mass is 35.5. The first-order valence-corrected chi connectivity index (χ1v) is 9.39. The molecule has 0 saturated heterocycles. The molecule has 2 amide bonds. The predicted octanol–water partition coefficient (Wildman–Crippen LogP) is 2.42. The Morgan fingerprint density at radius 2 is 1.93 bits per heavy atom. The van der Waals surface area contributed by atoms with Crippen LogP contribution in [0.15, 0.2) is 47.4 Å². The lowest BCUT2D eigenvalue weighted by molar-refractivity contribution is -0.384. The number of carbonyl (C=O) groups excluding carboxylic acids is 2. The van der Waals surface area contributed by atoms with Crippen molar-refractivity contribution >= 4 is 44.8 Å². The number of anilines is 1. The number of sulfonamides is 1. The second kappa shape index (κ2) is 6.63. The molecule has 1 heterocycles. The van der Waals surface area contributed by atoms with Gasteiger partial charge < -0.3 is 5.32 Å². The number of nitrogens with one attached hydrogen (secondary N) is 1. The maximum absolute atomic E-state index is 12.6. The fourth-order valence-electron chi connectivity index (χ4n) is 2.67. The summed E-state index contributed by atoms with van der Waals surface area (Å²) in [5, 5.41) is 13.2. The second-order valence-electron chi connectivity index (χ2n) is 5.69. The average molecular weight is 410 g/mol. The number of hydrogen-bond acceptors (Lipinski definition) is 6. The van der Waals surface area contributed by atoms with Crippen LogP contribution in [0.4, 0.5) is 11.4 Å². The van der Waals surface area contributed by atoms with Crippen molar-refractivity contribution < 1.29 is 22.9 Å². The Balaban J connectivity index is 1.88. The molecule has 0 spiro atoms. The molecular weight excluding hydrogens is 398 g/mol. The third-order valence-corrected chi connectivity index (χ3v) is 6.23. The zero-order chi connectivity index (χ0) is 19.9. The molecule has 0 bridgehead atoms. The molecule has 1 aliphatic heterocycles. The first-order valence-electron chi connectivity index (χ1n) is 7.57. The molecular formula is C16H12ClN3O6S. The van der Waals surface area contributed by atoms with E-state index in [4.69, 9.17) is 11.6 Å². The summed E-state index contributed by atoms with van der Waals surface area (Å²) >= 11 is 5.72. The normalized spacial score (nSPS) is 15.9. The zero-order valence-electron chi connectivity index (χ0n) is 13.7. The van der Waals surface area contributed by atoms with Gasteiger partial charge in [-0.25, -0.2) is 12.7 Å². The lowest BCUT2D eigenvalue weighted by atomic mass is 10.2. The van der Waals surface area contributed by atoms with Crippen LogP contribution in [0.3, 0.4) is 0 Å². The standard InChI is InChI=1S/C16H12ClN3O6S/c1-9(15(21)18-10-6-7-12(17)13(8-10)20(23)24)19-16(22)11-4-2-3-5-14(11)27(19,25)26/h2-9H,1H3,(H,18,21). The van der Waals surface area contributed by atoms with Crippen molar-refractivity contribution in [2.75, 3.05) is 5.32 Å². The fraction of sp³-hybridized carbons (Fsp3) is 0.125. The smallest absolute Gasteiger partial charge is 0.289 e. The number of nitro benzene ring substituents is 1. The molecule has 11 heteroatoms. The summed E-state index contributed by atoms with van der Waals surface area (Å²) in [6.45, 7) is 1.25. The number of rotatable bonds is 4.